The number of aldehydes is 2. The quantitative estimate of drug-likeness (QED) is 0.584. The van der Waals surface area contributed by atoms with Crippen LogP contribution in [0.2, 0.25) is 5.02 Å². The third-order valence-corrected chi connectivity index (χ3v) is 2.67. The van der Waals surface area contributed by atoms with Gasteiger partial charge in [0.1, 0.15) is 12.1 Å². The molecule has 0 aliphatic rings. The number of halogens is 5. The maximum atomic E-state index is 12.6. The first-order valence-electron chi connectivity index (χ1n) is 5.80. The fourth-order valence-electron chi connectivity index (χ4n) is 1.38. The molecule has 0 atom stereocenters. The van der Waals surface area contributed by atoms with Crippen molar-refractivity contribution < 1.29 is 27.2 Å². The van der Waals surface area contributed by atoms with E-state index in [9.17, 15) is 27.2 Å². The Morgan fingerprint density at radius 1 is 0.955 bits per heavy atom. The summed E-state index contributed by atoms with van der Waals surface area (Å²) in [6.45, 7) is 0. The van der Waals surface area contributed by atoms with E-state index in [0.29, 0.717) is 22.7 Å². The van der Waals surface area contributed by atoms with Crippen LogP contribution < -0.4 is 0 Å². The second-order valence-electron chi connectivity index (χ2n) is 4.02. The van der Waals surface area contributed by atoms with Gasteiger partial charge in [0.2, 0.25) is 0 Å². The molecule has 0 N–H and O–H groups in total. The maximum absolute atomic E-state index is 12.6. The summed E-state index contributed by atoms with van der Waals surface area (Å²) in [6, 6.07) is 8.55. The van der Waals surface area contributed by atoms with Gasteiger partial charge in [-0.3, -0.25) is 9.59 Å². The van der Waals surface area contributed by atoms with Crippen molar-refractivity contribution in [3.8, 4) is 0 Å². The standard InChI is InChI=1S/C8H4F4O.C7H5ClO/c9-7-3-6(8(10,11)12)2-1-5(7)4-13;8-7-3-1-2-6(4-7)5-9/h1-4H;1-5H. The summed E-state index contributed by atoms with van der Waals surface area (Å²) in [5.74, 6) is -1.16. The van der Waals surface area contributed by atoms with Crippen molar-refractivity contribution >= 4 is 24.2 Å². The molecule has 0 aromatic heterocycles. The average molecular weight is 333 g/mol. The number of hydrogen-bond donors (Lipinski definition) is 0. The summed E-state index contributed by atoms with van der Waals surface area (Å²) in [7, 11) is 0. The van der Waals surface area contributed by atoms with Gasteiger partial charge in [-0.05, 0) is 30.3 Å². The monoisotopic (exact) mass is 332 g/mol. The molecular formula is C15H9ClF4O2. The number of alkyl halides is 3. The smallest absolute Gasteiger partial charge is 0.298 e. The van der Waals surface area contributed by atoms with Crippen LogP contribution in [0.1, 0.15) is 26.3 Å². The first-order valence-corrected chi connectivity index (χ1v) is 6.18. The Bertz CT molecular complexity index is 669. The zero-order valence-electron chi connectivity index (χ0n) is 10.9. The van der Waals surface area contributed by atoms with Crippen LogP contribution in [-0.2, 0) is 6.18 Å². The van der Waals surface area contributed by atoms with E-state index in [4.69, 9.17) is 11.6 Å². The highest BCUT2D eigenvalue weighted by molar-refractivity contribution is 6.30. The molecule has 2 aromatic carbocycles. The van der Waals surface area contributed by atoms with Crippen LogP contribution in [0.3, 0.4) is 0 Å². The maximum Gasteiger partial charge on any atom is 0.416 e. The molecule has 0 heterocycles. The van der Waals surface area contributed by atoms with E-state index in [0.717, 1.165) is 12.4 Å². The van der Waals surface area contributed by atoms with Crippen LogP contribution in [0.15, 0.2) is 42.5 Å². The van der Waals surface area contributed by atoms with Gasteiger partial charge in [-0.1, -0.05) is 23.7 Å². The summed E-state index contributed by atoms with van der Waals surface area (Å²) in [5, 5.41) is 0.597. The molecule has 0 radical (unpaired) electrons. The van der Waals surface area contributed by atoms with Crippen LogP contribution in [0.5, 0.6) is 0 Å². The molecule has 0 fully saturated rings. The van der Waals surface area contributed by atoms with Gasteiger partial charge in [0.05, 0.1) is 11.1 Å². The van der Waals surface area contributed by atoms with E-state index in [1.807, 2.05) is 0 Å². The first-order chi connectivity index (χ1) is 10.3. The Hall–Kier alpha value is -2.21. The van der Waals surface area contributed by atoms with Gasteiger partial charge in [0.25, 0.3) is 0 Å². The van der Waals surface area contributed by atoms with Crippen molar-refractivity contribution in [2.45, 2.75) is 6.18 Å². The molecule has 0 bridgehead atoms. The van der Waals surface area contributed by atoms with Gasteiger partial charge in [-0.15, -0.1) is 0 Å². The van der Waals surface area contributed by atoms with E-state index in [1.54, 1.807) is 24.3 Å². The van der Waals surface area contributed by atoms with Crippen LogP contribution in [0.4, 0.5) is 17.6 Å². The molecule has 0 aliphatic heterocycles. The van der Waals surface area contributed by atoms with Gasteiger partial charge in [0.15, 0.2) is 6.29 Å². The minimum Gasteiger partial charge on any atom is -0.298 e. The Labute approximate surface area is 128 Å². The molecule has 2 nitrogen and oxygen atoms in total. The number of carbonyl (C=O) groups is 2. The lowest BCUT2D eigenvalue weighted by atomic mass is 10.1. The highest BCUT2D eigenvalue weighted by atomic mass is 35.5. The van der Waals surface area contributed by atoms with E-state index in [2.05, 4.69) is 0 Å². The van der Waals surface area contributed by atoms with Gasteiger partial charge >= 0.3 is 6.18 Å². The zero-order valence-corrected chi connectivity index (χ0v) is 11.7. The molecule has 22 heavy (non-hydrogen) atoms. The Morgan fingerprint density at radius 2 is 1.64 bits per heavy atom. The van der Waals surface area contributed by atoms with Gasteiger partial charge in [-0.2, -0.15) is 13.2 Å². The van der Waals surface area contributed by atoms with Gasteiger partial charge in [0, 0.05) is 10.6 Å². The Morgan fingerprint density at radius 3 is 2.05 bits per heavy atom. The van der Waals surface area contributed by atoms with Crippen molar-refractivity contribution in [3.05, 3.63) is 70.0 Å². The molecular weight excluding hydrogens is 324 g/mol. The van der Waals surface area contributed by atoms with Crippen LogP contribution in [0, 0.1) is 5.82 Å². The van der Waals surface area contributed by atoms with E-state index >= 15 is 0 Å². The number of benzene rings is 2. The lowest BCUT2D eigenvalue weighted by Gasteiger charge is -2.06. The molecule has 0 aliphatic carbocycles. The fraction of sp³-hybridized carbons (Fsp3) is 0.0667. The molecule has 2 aromatic rings. The Balaban J connectivity index is 0.000000235. The third kappa shape index (κ3) is 5.29. The second kappa shape index (κ2) is 7.70. The van der Waals surface area contributed by atoms with Crippen molar-refractivity contribution in [1.29, 1.82) is 0 Å². The number of rotatable bonds is 2. The lowest BCUT2D eigenvalue weighted by Crippen LogP contribution is -2.05. The van der Waals surface area contributed by atoms with Crippen molar-refractivity contribution in [3.63, 3.8) is 0 Å². The minimum atomic E-state index is -4.58. The van der Waals surface area contributed by atoms with Crippen molar-refractivity contribution in [2.24, 2.45) is 0 Å². The SMILES string of the molecule is O=Cc1ccc(C(F)(F)F)cc1F.O=Cc1cccc(Cl)c1. The summed E-state index contributed by atoms with van der Waals surface area (Å²) >= 11 is 5.56. The van der Waals surface area contributed by atoms with E-state index in [1.165, 1.54) is 0 Å². The molecule has 0 saturated carbocycles. The minimum absolute atomic E-state index is 0.162. The van der Waals surface area contributed by atoms with E-state index < -0.39 is 17.6 Å². The van der Waals surface area contributed by atoms with Gasteiger partial charge in [-0.25, -0.2) is 4.39 Å². The second-order valence-corrected chi connectivity index (χ2v) is 4.46. The largest absolute Gasteiger partial charge is 0.416 e. The van der Waals surface area contributed by atoms with Gasteiger partial charge < -0.3 is 0 Å². The van der Waals surface area contributed by atoms with Crippen LogP contribution in [0.25, 0.3) is 0 Å². The highest BCUT2D eigenvalue weighted by Crippen LogP contribution is 2.29. The predicted molar refractivity (Wildman–Crippen MR) is 73.6 cm³/mol. The lowest BCUT2D eigenvalue weighted by molar-refractivity contribution is -0.137. The molecule has 116 valence electrons. The van der Waals surface area contributed by atoms with Crippen LogP contribution >= 0.6 is 11.6 Å². The molecule has 0 spiro atoms. The zero-order chi connectivity index (χ0) is 16.8. The van der Waals surface area contributed by atoms with Crippen LogP contribution in [-0.4, -0.2) is 12.6 Å². The first kappa shape index (κ1) is 17.8. The van der Waals surface area contributed by atoms with E-state index in [-0.39, 0.29) is 11.8 Å². The van der Waals surface area contributed by atoms with Crippen molar-refractivity contribution in [2.75, 3.05) is 0 Å². The summed E-state index contributed by atoms with van der Waals surface area (Å²) in [4.78, 5) is 20.2. The normalized spacial score (nSPS) is 10.4. The summed E-state index contributed by atoms with van der Waals surface area (Å²) < 4.78 is 48.5. The molecule has 0 saturated heterocycles. The average Bonchev–Trinajstić information content (AvgIpc) is 2.47. The topological polar surface area (TPSA) is 34.1 Å². The molecule has 0 unspecified atom stereocenters. The number of carbonyl (C=O) groups excluding carboxylic acids is 2. The molecule has 7 heteroatoms. The highest BCUT2D eigenvalue weighted by Gasteiger charge is 2.31. The molecule has 2 rings (SSSR count). The summed E-state index contributed by atoms with van der Waals surface area (Å²) in [6.07, 6.45) is -3.65. The Kier molecular flexibility index (Phi) is 6.24. The molecule has 0 amide bonds. The van der Waals surface area contributed by atoms with Crippen molar-refractivity contribution in [1.82, 2.24) is 0 Å². The third-order valence-electron chi connectivity index (χ3n) is 2.44. The fourth-order valence-corrected chi connectivity index (χ4v) is 1.58. The number of hydrogen-bond acceptors (Lipinski definition) is 2. The summed E-state index contributed by atoms with van der Waals surface area (Å²) in [5.41, 5.74) is -0.869. The predicted octanol–water partition coefficient (Wildman–Crippen LogP) is 4.81.